The van der Waals surface area contributed by atoms with Crippen molar-refractivity contribution in [1.82, 2.24) is 0 Å². The highest BCUT2D eigenvalue weighted by Crippen LogP contribution is 2.26. The highest BCUT2D eigenvalue weighted by atomic mass is 79.9. The summed E-state index contributed by atoms with van der Waals surface area (Å²) in [7, 11) is 0. The Bertz CT molecular complexity index is 1880. The SMILES string of the molecule is Brc1cc(/C=C\c2ccc3cc(COC4CCCCO4)ccc3c2)ccc1/C=C\c1ccc2cc(COC3CCCCO3)ccc2c1. The zero-order chi connectivity index (χ0) is 31.8. The van der Waals surface area contributed by atoms with Gasteiger partial charge in [0.2, 0.25) is 0 Å². The van der Waals surface area contributed by atoms with E-state index in [2.05, 4.69) is 131 Å². The Morgan fingerprint density at radius 2 is 1.00 bits per heavy atom. The Morgan fingerprint density at radius 3 is 1.51 bits per heavy atom. The Labute approximate surface area is 286 Å². The van der Waals surface area contributed by atoms with Gasteiger partial charge in [-0.2, -0.15) is 0 Å². The first-order valence-electron chi connectivity index (χ1n) is 16.8. The Hall–Kier alpha value is -3.58. The summed E-state index contributed by atoms with van der Waals surface area (Å²) in [6, 6.07) is 32.8. The lowest BCUT2D eigenvalue weighted by Gasteiger charge is -2.22. The molecular formula is C42H41BrO4. The average molecular weight is 690 g/mol. The van der Waals surface area contributed by atoms with Crippen LogP contribution in [-0.2, 0) is 32.2 Å². The minimum absolute atomic E-state index is 0.0656. The van der Waals surface area contributed by atoms with Gasteiger partial charge < -0.3 is 18.9 Å². The Morgan fingerprint density at radius 1 is 0.532 bits per heavy atom. The van der Waals surface area contributed by atoms with Crippen molar-refractivity contribution in [2.24, 2.45) is 0 Å². The maximum Gasteiger partial charge on any atom is 0.158 e. The van der Waals surface area contributed by atoms with E-state index in [4.69, 9.17) is 18.9 Å². The van der Waals surface area contributed by atoms with Crippen LogP contribution in [-0.4, -0.2) is 25.8 Å². The first-order valence-corrected chi connectivity index (χ1v) is 17.6. The normalized spacial score (nSPS) is 18.9. The number of halogens is 1. The topological polar surface area (TPSA) is 36.9 Å². The highest BCUT2D eigenvalue weighted by Gasteiger charge is 2.15. The van der Waals surface area contributed by atoms with E-state index in [-0.39, 0.29) is 12.6 Å². The molecule has 5 aromatic rings. The van der Waals surface area contributed by atoms with Gasteiger partial charge in [-0.25, -0.2) is 0 Å². The van der Waals surface area contributed by atoms with Crippen molar-refractivity contribution in [2.45, 2.75) is 64.3 Å². The van der Waals surface area contributed by atoms with Crippen LogP contribution in [0.3, 0.4) is 0 Å². The second kappa shape index (κ2) is 15.5. The van der Waals surface area contributed by atoms with Gasteiger partial charge in [0, 0.05) is 17.7 Å². The zero-order valence-corrected chi connectivity index (χ0v) is 28.3. The van der Waals surface area contributed by atoms with E-state index in [0.29, 0.717) is 13.2 Å². The van der Waals surface area contributed by atoms with Crippen LogP contribution in [0.2, 0.25) is 0 Å². The summed E-state index contributed by atoms with van der Waals surface area (Å²) in [5, 5.41) is 4.88. The maximum atomic E-state index is 5.98. The molecule has 7 rings (SSSR count). The molecule has 2 aliphatic heterocycles. The van der Waals surface area contributed by atoms with E-state index in [1.807, 2.05) is 0 Å². The molecule has 47 heavy (non-hydrogen) atoms. The Kier molecular flexibility index (Phi) is 10.6. The summed E-state index contributed by atoms with van der Waals surface area (Å²) >= 11 is 3.79. The minimum Gasteiger partial charge on any atom is -0.353 e. The molecule has 2 aliphatic rings. The molecule has 0 saturated carbocycles. The van der Waals surface area contributed by atoms with Crippen molar-refractivity contribution >= 4 is 61.8 Å². The first kappa shape index (κ1) is 32.0. The zero-order valence-electron chi connectivity index (χ0n) is 26.7. The smallest absolute Gasteiger partial charge is 0.158 e. The number of hydrogen-bond donors (Lipinski definition) is 0. The van der Waals surface area contributed by atoms with E-state index in [0.717, 1.165) is 54.5 Å². The van der Waals surface area contributed by atoms with Gasteiger partial charge in [0.15, 0.2) is 12.6 Å². The quantitative estimate of drug-likeness (QED) is 0.137. The number of fused-ring (bicyclic) bond motifs is 2. The second-order valence-corrected chi connectivity index (χ2v) is 13.4. The van der Waals surface area contributed by atoms with E-state index >= 15 is 0 Å². The summed E-state index contributed by atoms with van der Waals surface area (Å²) in [5.41, 5.74) is 6.98. The molecule has 2 atom stereocenters. The predicted octanol–water partition coefficient (Wildman–Crippen LogP) is 11.2. The molecule has 2 saturated heterocycles. The van der Waals surface area contributed by atoms with Gasteiger partial charge in [-0.3, -0.25) is 0 Å². The largest absolute Gasteiger partial charge is 0.353 e. The van der Waals surface area contributed by atoms with Crippen molar-refractivity contribution in [2.75, 3.05) is 13.2 Å². The van der Waals surface area contributed by atoms with Crippen LogP contribution in [0.1, 0.15) is 71.9 Å². The molecule has 2 fully saturated rings. The van der Waals surface area contributed by atoms with Gasteiger partial charge >= 0.3 is 0 Å². The van der Waals surface area contributed by atoms with E-state index in [9.17, 15) is 0 Å². The molecule has 5 heteroatoms. The fraction of sp³-hybridized carbons (Fsp3) is 0.286. The van der Waals surface area contributed by atoms with Gasteiger partial charge in [-0.05, 0) is 124 Å². The molecule has 2 heterocycles. The summed E-state index contributed by atoms with van der Waals surface area (Å²) in [5.74, 6) is 0. The number of benzene rings is 5. The number of rotatable bonds is 10. The van der Waals surface area contributed by atoms with Crippen LogP contribution in [0.4, 0.5) is 0 Å². The summed E-state index contributed by atoms with van der Waals surface area (Å²) < 4.78 is 24.4. The molecule has 2 unspecified atom stereocenters. The van der Waals surface area contributed by atoms with E-state index in [1.54, 1.807) is 0 Å². The third-order valence-electron chi connectivity index (χ3n) is 8.95. The standard InChI is InChI=1S/C42H41BrO4/c43-40-27-32(8-7-30-11-17-38-25-33(13-19-36(38)23-30)28-46-41-5-1-3-21-44-41)10-16-35(40)15-9-31-12-18-39-26-34(14-20-37(39)24-31)29-47-42-6-2-4-22-45-42/h7-20,23-27,41-42H,1-6,21-22,28-29H2/b8-7-,15-9-. The summed E-state index contributed by atoms with van der Waals surface area (Å²) in [4.78, 5) is 0. The van der Waals surface area contributed by atoms with Gasteiger partial charge in [-0.15, -0.1) is 0 Å². The average Bonchev–Trinajstić information content (AvgIpc) is 3.12. The van der Waals surface area contributed by atoms with Crippen molar-refractivity contribution in [3.63, 3.8) is 0 Å². The predicted molar refractivity (Wildman–Crippen MR) is 197 cm³/mol. The van der Waals surface area contributed by atoms with Crippen LogP contribution in [0, 0.1) is 0 Å². The van der Waals surface area contributed by atoms with Crippen molar-refractivity contribution in [3.05, 3.63) is 129 Å². The first-order chi connectivity index (χ1) is 23.1. The van der Waals surface area contributed by atoms with E-state index < -0.39 is 0 Å². The van der Waals surface area contributed by atoms with Gasteiger partial charge in [0.1, 0.15) is 0 Å². The molecule has 5 aromatic carbocycles. The highest BCUT2D eigenvalue weighted by molar-refractivity contribution is 9.10. The molecule has 0 spiro atoms. The second-order valence-electron chi connectivity index (χ2n) is 12.5. The Balaban J connectivity index is 0.955. The lowest BCUT2D eigenvalue weighted by Crippen LogP contribution is -2.21. The molecular weight excluding hydrogens is 648 g/mol. The van der Waals surface area contributed by atoms with Gasteiger partial charge in [-0.1, -0.05) is 101 Å². The number of ether oxygens (including phenoxy) is 4. The van der Waals surface area contributed by atoms with Crippen molar-refractivity contribution < 1.29 is 18.9 Å². The molecule has 0 bridgehead atoms. The molecule has 4 nitrogen and oxygen atoms in total. The molecule has 0 aromatic heterocycles. The van der Waals surface area contributed by atoms with Crippen LogP contribution in [0.5, 0.6) is 0 Å². The van der Waals surface area contributed by atoms with Gasteiger partial charge in [0.25, 0.3) is 0 Å². The van der Waals surface area contributed by atoms with Crippen LogP contribution in [0.15, 0.2) is 95.5 Å². The lowest BCUT2D eigenvalue weighted by atomic mass is 10.0. The summed E-state index contributed by atoms with van der Waals surface area (Å²) in [6.45, 7) is 2.77. The number of hydrogen-bond acceptors (Lipinski definition) is 4. The van der Waals surface area contributed by atoms with Crippen molar-refractivity contribution in [3.8, 4) is 0 Å². The van der Waals surface area contributed by atoms with Crippen molar-refractivity contribution in [1.29, 1.82) is 0 Å². The maximum absolute atomic E-state index is 5.98. The third kappa shape index (κ3) is 8.67. The fourth-order valence-electron chi connectivity index (χ4n) is 6.24. The molecule has 0 radical (unpaired) electrons. The lowest BCUT2D eigenvalue weighted by molar-refractivity contribution is -0.169. The van der Waals surface area contributed by atoms with Gasteiger partial charge in [0.05, 0.1) is 13.2 Å². The van der Waals surface area contributed by atoms with Crippen LogP contribution >= 0.6 is 15.9 Å². The van der Waals surface area contributed by atoms with E-state index in [1.165, 1.54) is 56.6 Å². The fourth-order valence-corrected chi connectivity index (χ4v) is 6.77. The molecule has 0 amide bonds. The monoisotopic (exact) mass is 688 g/mol. The van der Waals surface area contributed by atoms with Crippen LogP contribution in [0.25, 0.3) is 45.8 Å². The molecule has 240 valence electrons. The summed E-state index contributed by atoms with van der Waals surface area (Å²) in [6.07, 6.45) is 15.1. The molecule has 0 aliphatic carbocycles. The minimum atomic E-state index is -0.0662. The van der Waals surface area contributed by atoms with Crippen LogP contribution < -0.4 is 0 Å². The third-order valence-corrected chi connectivity index (χ3v) is 9.64. The molecule has 0 N–H and O–H groups in total.